The van der Waals surface area contributed by atoms with E-state index in [0.29, 0.717) is 22.5 Å². The van der Waals surface area contributed by atoms with E-state index in [9.17, 15) is 0 Å². The van der Waals surface area contributed by atoms with Gasteiger partial charge in [-0.15, -0.1) is 0 Å². The van der Waals surface area contributed by atoms with E-state index < -0.39 is 0 Å². The number of anilines is 2. The lowest BCUT2D eigenvalue weighted by molar-refractivity contribution is 0.415. The van der Waals surface area contributed by atoms with Gasteiger partial charge in [0.1, 0.15) is 5.75 Å². The molecule has 1 aromatic carbocycles. The van der Waals surface area contributed by atoms with Crippen molar-refractivity contribution >= 4 is 23.5 Å². The van der Waals surface area contributed by atoms with Crippen molar-refractivity contribution in [3.05, 3.63) is 23.2 Å². The highest BCUT2D eigenvalue weighted by Gasteiger charge is 2.12. The second-order valence-corrected chi connectivity index (χ2v) is 4.75. The fourth-order valence-electron chi connectivity index (χ4n) is 1.96. The summed E-state index contributed by atoms with van der Waals surface area (Å²) in [4.78, 5) is 14.9. The molecular weight excluding hydrogens is 290 g/mol. The smallest absolute Gasteiger partial charge is 0.230 e. The molecule has 2 aromatic rings. The maximum atomic E-state index is 6.03. The largest absolute Gasteiger partial charge is 0.495 e. The van der Waals surface area contributed by atoms with Gasteiger partial charge in [0.15, 0.2) is 5.82 Å². The third-order valence-electron chi connectivity index (χ3n) is 3.10. The molecule has 0 saturated carbocycles. The topological polar surface area (TPSA) is 77.2 Å². The quantitative estimate of drug-likeness (QED) is 0.915. The van der Waals surface area contributed by atoms with Crippen LogP contribution in [0.2, 0.25) is 5.02 Å². The van der Waals surface area contributed by atoms with Gasteiger partial charge in [-0.1, -0.05) is 11.6 Å². The normalized spacial score (nSPS) is 10.5. The molecule has 0 aliphatic rings. The molecule has 0 spiro atoms. The number of ether oxygens (including phenoxy) is 1. The van der Waals surface area contributed by atoms with Gasteiger partial charge in [0.05, 0.1) is 12.1 Å². The molecule has 1 heterocycles. The molecule has 0 saturated heterocycles. The van der Waals surface area contributed by atoms with Crippen LogP contribution in [-0.2, 0) is 0 Å². The zero-order valence-corrected chi connectivity index (χ0v) is 13.1. The Hall–Kier alpha value is -2.08. The molecule has 0 bridgehead atoms. The molecule has 0 unspecified atom stereocenters. The molecule has 1 aromatic heterocycles. The second-order valence-electron chi connectivity index (χ2n) is 4.34. The first-order valence-electron chi connectivity index (χ1n) is 6.69. The lowest BCUT2D eigenvalue weighted by atomic mass is 10.2. The van der Waals surface area contributed by atoms with E-state index in [-0.39, 0.29) is 5.95 Å². The molecule has 0 amide bonds. The molecule has 0 radical (unpaired) electrons. The van der Waals surface area contributed by atoms with Crippen molar-refractivity contribution in [1.82, 2.24) is 15.0 Å². The summed E-state index contributed by atoms with van der Waals surface area (Å²) in [6.07, 6.45) is 0. The zero-order valence-electron chi connectivity index (χ0n) is 12.3. The van der Waals surface area contributed by atoms with Crippen LogP contribution in [0.25, 0.3) is 11.4 Å². The van der Waals surface area contributed by atoms with Gasteiger partial charge < -0.3 is 15.4 Å². The Morgan fingerprint density at radius 1 is 1.19 bits per heavy atom. The van der Waals surface area contributed by atoms with Crippen molar-refractivity contribution in [2.24, 2.45) is 0 Å². The van der Waals surface area contributed by atoms with Gasteiger partial charge in [-0.25, -0.2) is 0 Å². The molecule has 6 nitrogen and oxygen atoms in total. The minimum Gasteiger partial charge on any atom is -0.495 e. The highest BCUT2D eigenvalue weighted by molar-refractivity contribution is 6.32. The number of rotatable bonds is 5. The van der Waals surface area contributed by atoms with Crippen molar-refractivity contribution in [3.63, 3.8) is 0 Å². The SMILES string of the molecule is CCN(CC)c1nc(N)nc(-c2ccc(Cl)c(OC)c2)n1. The minimum atomic E-state index is 0.191. The molecule has 2 N–H and O–H groups in total. The third kappa shape index (κ3) is 3.33. The second kappa shape index (κ2) is 6.58. The number of nitrogens with zero attached hydrogens (tertiary/aromatic N) is 4. The van der Waals surface area contributed by atoms with Crippen LogP contribution in [0.5, 0.6) is 5.75 Å². The number of hydrogen-bond acceptors (Lipinski definition) is 6. The number of aromatic nitrogens is 3. The molecule has 2 rings (SSSR count). The van der Waals surface area contributed by atoms with Crippen molar-refractivity contribution in [3.8, 4) is 17.1 Å². The van der Waals surface area contributed by atoms with Gasteiger partial charge in [0.25, 0.3) is 0 Å². The Morgan fingerprint density at radius 3 is 2.52 bits per heavy atom. The van der Waals surface area contributed by atoms with Gasteiger partial charge >= 0.3 is 0 Å². The van der Waals surface area contributed by atoms with Gasteiger partial charge in [-0.05, 0) is 32.0 Å². The molecule has 21 heavy (non-hydrogen) atoms. The van der Waals surface area contributed by atoms with Gasteiger partial charge in [0, 0.05) is 18.7 Å². The molecule has 112 valence electrons. The van der Waals surface area contributed by atoms with E-state index >= 15 is 0 Å². The van der Waals surface area contributed by atoms with E-state index in [2.05, 4.69) is 15.0 Å². The van der Waals surface area contributed by atoms with Gasteiger partial charge in [-0.2, -0.15) is 15.0 Å². The Bertz CT molecular complexity index is 631. The van der Waals surface area contributed by atoms with Crippen molar-refractivity contribution in [2.75, 3.05) is 30.8 Å². The Labute approximate surface area is 128 Å². The Morgan fingerprint density at radius 2 is 1.90 bits per heavy atom. The fraction of sp³-hybridized carbons (Fsp3) is 0.357. The van der Waals surface area contributed by atoms with Crippen LogP contribution >= 0.6 is 11.6 Å². The van der Waals surface area contributed by atoms with E-state index in [1.165, 1.54) is 0 Å². The van der Waals surface area contributed by atoms with E-state index in [4.69, 9.17) is 22.1 Å². The summed E-state index contributed by atoms with van der Waals surface area (Å²) < 4.78 is 5.21. The van der Waals surface area contributed by atoms with Crippen LogP contribution in [0, 0.1) is 0 Å². The van der Waals surface area contributed by atoms with Gasteiger partial charge in [-0.3, -0.25) is 0 Å². The molecule has 0 aliphatic heterocycles. The molecule has 0 aliphatic carbocycles. The molecular formula is C14H18ClN5O. The van der Waals surface area contributed by atoms with Crippen LogP contribution in [-0.4, -0.2) is 35.2 Å². The summed E-state index contributed by atoms with van der Waals surface area (Å²) in [6.45, 7) is 5.66. The Kier molecular flexibility index (Phi) is 4.80. The van der Waals surface area contributed by atoms with E-state index in [1.807, 2.05) is 24.8 Å². The van der Waals surface area contributed by atoms with Crippen LogP contribution in [0.4, 0.5) is 11.9 Å². The lowest BCUT2D eigenvalue weighted by Crippen LogP contribution is -2.25. The molecule has 0 atom stereocenters. The number of nitrogens with two attached hydrogens (primary N) is 1. The molecule has 7 heteroatoms. The van der Waals surface area contributed by atoms with Crippen molar-refractivity contribution in [2.45, 2.75) is 13.8 Å². The van der Waals surface area contributed by atoms with Crippen LogP contribution in [0.15, 0.2) is 18.2 Å². The average molecular weight is 308 g/mol. The number of halogens is 1. The first kappa shape index (κ1) is 15.3. The maximum absolute atomic E-state index is 6.03. The predicted molar refractivity (Wildman–Crippen MR) is 84.8 cm³/mol. The standard InChI is InChI=1S/C14H18ClN5O/c1-4-20(5-2)14-18-12(17-13(16)19-14)9-6-7-10(15)11(8-9)21-3/h6-8H,4-5H2,1-3H3,(H2,16,17,18,19). The molecule has 0 fully saturated rings. The maximum Gasteiger partial charge on any atom is 0.230 e. The minimum absolute atomic E-state index is 0.191. The first-order valence-corrected chi connectivity index (χ1v) is 7.07. The van der Waals surface area contributed by atoms with Crippen molar-refractivity contribution < 1.29 is 4.74 Å². The van der Waals surface area contributed by atoms with E-state index in [1.54, 1.807) is 19.2 Å². The number of benzene rings is 1. The number of nitrogen functional groups attached to an aromatic ring is 1. The first-order chi connectivity index (χ1) is 10.1. The summed E-state index contributed by atoms with van der Waals surface area (Å²) in [6, 6.07) is 5.35. The number of hydrogen-bond donors (Lipinski definition) is 1. The van der Waals surface area contributed by atoms with Crippen LogP contribution in [0.1, 0.15) is 13.8 Å². The number of methoxy groups -OCH3 is 1. The zero-order chi connectivity index (χ0) is 15.4. The van der Waals surface area contributed by atoms with Crippen molar-refractivity contribution in [1.29, 1.82) is 0 Å². The van der Waals surface area contributed by atoms with Crippen LogP contribution in [0.3, 0.4) is 0 Å². The Balaban J connectivity index is 2.49. The summed E-state index contributed by atoms with van der Waals surface area (Å²) in [7, 11) is 1.56. The monoisotopic (exact) mass is 307 g/mol. The summed E-state index contributed by atoms with van der Waals surface area (Å²) >= 11 is 6.03. The summed E-state index contributed by atoms with van der Waals surface area (Å²) in [5, 5.41) is 0.534. The average Bonchev–Trinajstić information content (AvgIpc) is 2.48. The van der Waals surface area contributed by atoms with Gasteiger partial charge in [0.2, 0.25) is 11.9 Å². The highest BCUT2D eigenvalue weighted by Crippen LogP contribution is 2.29. The predicted octanol–water partition coefficient (Wildman–Crippen LogP) is 2.63. The highest BCUT2D eigenvalue weighted by atomic mass is 35.5. The third-order valence-corrected chi connectivity index (χ3v) is 3.41. The lowest BCUT2D eigenvalue weighted by Gasteiger charge is -2.19. The van der Waals surface area contributed by atoms with E-state index in [0.717, 1.165) is 18.7 Å². The summed E-state index contributed by atoms with van der Waals surface area (Å²) in [5.74, 6) is 1.82. The fourth-order valence-corrected chi connectivity index (χ4v) is 2.15. The van der Waals surface area contributed by atoms with Crippen LogP contribution < -0.4 is 15.4 Å². The summed E-state index contributed by atoms with van der Waals surface area (Å²) in [5.41, 5.74) is 6.57.